The van der Waals surface area contributed by atoms with E-state index < -0.39 is 0 Å². The van der Waals surface area contributed by atoms with E-state index in [9.17, 15) is 9.59 Å². The van der Waals surface area contributed by atoms with Crippen LogP contribution in [0.5, 0.6) is 5.75 Å². The van der Waals surface area contributed by atoms with Gasteiger partial charge in [0.25, 0.3) is 0 Å². The Bertz CT molecular complexity index is 787. The minimum atomic E-state index is -0.340. The maximum absolute atomic E-state index is 12.2. The lowest BCUT2D eigenvalue weighted by molar-refractivity contribution is -0.117. The molecule has 2 aromatic rings. The van der Waals surface area contributed by atoms with Crippen LogP contribution in [0.15, 0.2) is 42.5 Å². The van der Waals surface area contributed by atoms with Crippen molar-refractivity contribution >= 4 is 29.0 Å². The number of nitrogens with zero attached hydrogens (tertiary/aromatic N) is 1. The number of benzene rings is 2. The van der Waals surface area contributed by atoms with E-state index in [1.54, 1.807) is 36.3 Å². The molecule has 0 spiro atoms. The van der Waals surface area contributed by atoms with Crippen LogP contribution in [0.25, 0.3) is 0 Å². The first kappa shape index (κ1) is 16.8. The predicted molar refractivity (Wildman–Crippen MR) is 98.4 cm³/mol. The van der Waals surface area contributed by atoms with Crippen molar-refractivity contribution in [2.75, 3.05) is 29.2 Å². The summed E-state index contributed by atoms with van der Waals surface area (Å²) >= 11 is 0. The predicted octanol–water partition coefficient (Wildman–Crippen LogP) is 3.77. The molecular formula is C19H21N3O3. The molecule has 1 fully saturated rings. The zero-order valence-electron chi connectivity index (χ0n) is 14.3. The Kier molecular flexibility index (Phi) is 4.88. The summed E-state index contributed by atoms with van der Waals surface area (Å²) in [6.45, 7) is 2.68. The number of aryl methyl sites for hydroxylation is 1. The Morgan fingerprint density at radius 2 is 1.76 bits per heavy atom. The van der Waals surface area contributed by atoms with E-state index in [-0.39, 0.29) is 11.9 Å². The molecule has 0 unspecified atom stereocenters. The molecule has 6 nitrogen and oxygen atoms in total. The second-order valence-electron chi connectivity index (χ2n) is 5.96. The van der Waals surface area contributed by atoms with Gasteiger partial charge in [0.1, 0.15) is 5.75 Å². The quantitative estimate of drug-likeness (QED) is 0.891. The normalized spacial score (nSPS) is 13.7. The molecule has 0 aliphatic carbocycles. The average Bonchev–Trinajstić information content (AvgIpc) is 3.03. The third-order valence-electron chi connectivity index (χ3n) is 4.18. The molecular weight excluding hydrogens is 318 g/mol. The summed E-state index contributed by atoms with van der Waals surface area (Å²) in [6, 6.07) is 12.3. The van der Waals surface area contributed by atoms with Crippen LogP contribution in [-0.2, 0) is 4.79 Å². The summed E-state index contributed by atoms with van der Waals surface area (Å²) in [5.74, 6) is 0.854. The Labute approximate surface area is 146 Å². The van der Waals surface area contributed by atoms with Crippen molar-refractivity contribution in [3.63, 3.8) is 0 Å². The molecule has 0 saturated carbocycles. The number of urea groups is 1. The van der Waals surface area contributed by atoms with Crippen molar-refractivity contribution in [2.45, 2.75) is 19.8 Å². The molecule has 3 rings (SSSR count). The molecule has 1 saturated heterocycles. The van der Waals surface area contributed by atoms with Crippen LogP contribution in [0.3, 0.4) is 0 Å². The van der Waals surface area contributed by atoms with Crippen LogP contribution < -0.4 is 20.3 Å². The number of methoxy groups -OCH3 is 1. The van der Waals surface area contributed by atoms with E-state index in [1.165, 1.54) is 0 Å². The molecule has 6 heteroatoms. The van der Waals surface area contributed by atoms with E-state index in [0.717, 1.165) is 30.0 Å². The summed E-state index contributed by atoms with van der Waals surface area (Å²) in [5.41, 5.74) is 3.17. The molecule has 1 heterocycles. The van der Waals surface area contributed by atoms with Crippen LogP contribution >= 0.6 is 0 Å². The first-order valence-corrected chi connectivity index (χ1v) is 8.20. The van der Waals surface area contributed by atoms with Crippen LogP contribution in [-0.4, -0.2) is 25.6 Å². The summed E-state index contributed by atoms with van der Waals surface area (Å²) in [7, 11) is 1.59. The first-order chi connectivity index (χ1) is 12.1. The van der Waals surface area contributed by atoms with Crippen LogP contribution in [0.1, 0.15) is 18.4 Å². The minimum Gasteiger partial charge on any atom is -0.497 e. The molecule has 0 aromatic heterocycles. The van der Waals surface area contributed by atoms with E-state index in [4.69, 9.17) is 4.74 Å². The topological polar surface area (TPSA) is 70.7 Å². The third-order valence-corrected chi connectivity index (χ3v) is 4.18. The fourth-order valence-electron chi connectivity index (χ4n) is 2.85. The molecule has 2 N–H and O–H groups in total. The smallest absolute Gasteiger partial charge is 0.323 e. The molecule has 3 amide bonds. The summed E-state index contributed by atoms with van der Waals surface area (Å²) in [5, 5.41) is 5.57. The number of nitrogens with one attached hydrogen (secondary N) is 2. The highest BCUT2D eigenvalue weighted by Gasteiger charge is 2.23. The van der Waals surface area contributed by atoms with Gasteiger partial charge in [0.05, 0.1) is 7.11 Å². The summed E-state index contributed by atoms with van der Waals surface area (Å²) < 4.78 is 5.09. The van der Waals surface area contributed by atoms with E-state index >= 15 is 0 Å². The number of ether oxygens (including phenoxy) is 1. The Hall–Kier alpha value is -3.02. The molecule has 0 bridgehead atoms. The van der Waals surface area contributed by atoms with Gasteiger partial charge in [0.2, 0.25) is 5.91 Å². The van der Waals surface area contributed by atoms with Crippen molar-refractivity contribution < 1.29 is 14.3 Å². The monoisotopic (exact) mass is 339 g/mol. The van der Waals surface area contributed by atoms with Crippen LogP contribution in [0, 0.1) is 6.92 Å². The Balaban J connectivity index is 1.69. The highest BCUT2D eigenvalue weighted by atomic mass is 16.5. The summed E-state index contributed by atoms with van der Waals surface area (Å²) in [6.07, 6.45) is 1.45. The number of carbonyl (C=O) groups excluding carboxylic acids is 2. The Morgan fingerprint density at radius 1 is 1.08 bits per heavy atom. The van der Waals surface area contributed by atoms with Crippen molar-refractivity contribution in [2.24, 2.45) is 0 Å². The highest BCUT2D eigenvalue weighted by molar-refractivity contribution is 6.01. The zero-order valence-corrected chi connectivity index (χ0v) is 14.3. The fourth-order valence-corrected chi connectivity index (χ4v) is 2.85. The SMILES string of the molecule is COc1ccc(NC(=O)Nc2ccc(C)c(N3CCCC3=O)c2)cc1. The van der Waals surface area contributed by atoms with Crippen molar-refractivity contribution in [1.82, 2.24) is 0 Å². The van der Waals surface area contributed by atoms with Gasteiger partial charge < -0.3 is 20.3 Å². The van der Waals surface area contributed by atoms with E-state index in [0.29, 0.717) is 17.8 Å². The fraction of sp³-hybridized carbons (Fsp3) is 0.263. The largest absolute Gasteiger partial charge is 0.497 e. The minimum absolute atomic E-state index is 0.128. The molecule has 130 valence electrons. The molecule has 25 heavy (non-hydrogen) atoms. The van der Waals surface area contributed by atoms with Crippen molar-refractivity contribution in [1.29, 1.82) is 0 Å². The van der Waals surface area contributed by atoms with Crippen molar-refractivity contribution in [3.8, 4) is 5.75 Å². The maximum atomic E-state index is 12.2. The lowest BCUT2D eigenvalue weighted by Gasteiger charge is -2.19. The number of carbonyl (C=O) groups is 2. The standard InChI is InChI=1S/C19H21N3O3/c1-13-5-6-15(12-17(13)22-11-3-4-18(22)23)21-19(24)20-14-7-9-16(25-2)10-8-14/h5-10,12H,3-4,11H2,1-2H3,(H2,20,21,24). The van der Waals surface area contributed by atoms with E-state index in [2.05, 4.69) is 10.6 Å². The molecule has 0 atom stereocenters. The van der Waals surface area contributed by atoms with Gasteiger partial charge >= 0.3 is 6.03 Å². The van der Waals surface area contributed by atoms with Gasteiger partial charge in [-0.1, -0.05) is 6.07 Å². The van der Waals surface area contributed by atoms with Gasteiger partial charge in [-0.05, 0) is 55.3 Å². The van der Waals surface area contributed by atoms with Gasteiger partial charge in [0.15, 0.2) is 0 Å². The van der Waals surface area contributed by atoms with Gasteiger partial charge in [0, 0.05) is 30.0 Å². The van der Waals surface area contributed by atoms with Crippen LogP contribution in [0.2, 0.25) is 0 Å². The summed E-state index contributed by atoms with van der Waals surface area (Å²) in [4.78, 5) is 25.9. The van der Waals surface area contributed by atoms with Gasteiger partial charge in [-0.25, -0.2) is 4.79 Å². The first-order valence-electron chi connectivity index (χ1n) is 8.20. The Morgan fingerprint density at radius 3 is 2.40 bits per heavy atom. The van der Waals surface area contributed by atoms with Crippen molar-refractivity contribution in [3.05, 3.63) is 48.0 Å². The number of hydrogen-bond acceptors (Lipinski definition) is 3. The second kappa shape index (κ2) is 7.25. The van der Waals surface area contributed by atoms with Gasteiger partial charge in [-0.2, -0.15) is 0 Å². The second-order valence-corrected chi connectivity index (χ2v) is 5.96. The molecule has 0 radical (unpaired) electrons. The highest BCUT2D eigenvalue weighted by Crippen LogP contribution is 2.28. The van der Waals surface area contributed by atoms with Crippen LogP contribution in [0.4, 0.5) is 21.9 Å². The third kappa shape index (κ3) is 3.91. The number of anilines is 3. The molecule has 1 aliphatic heterocycles. The maximum Gasteiger partial charge on any atom is 0.323 e. The van der Waals surface area contributed by atoms with Gasteiger partial charge in [-0.3, -0.25) is 4.79 Å². The lowest BCUT2D eigenvalue weighted by Crippen LogP contribution is -2.25. The number of rotatable bonds is 4. The lowest BCUT2D eigenvalue weighted by atomic mass is 10.1. The molecule has 2 aromatic carbocycles. The zero-order chi connectivity index (χ0) is 17.8. The number of hydrogen-bond donors (Lipinski definition) is 2. The molecule has 1 aliphatic rings. The van der Waals surface area contributed by atoms with Gasteiger partial charge in [-0.15, -0.1) is 0 Å². The number of amides is 3. The average molecular weight is 339 g/mol. The van der Waals surface area contributed by atoms with E-state index in [1.807, 2.05) is 25.1 Å².